The third kappa shape index (κ3) is 74.9. The van der Waals surface area contributed by atoms with Crippen LogP contribution in [0.1, 0.15) is 309 Å². The Labute approximate surface area is 567 Å². The lowest BCUT2D eigenvalue weighted by molar-refractivity contribution is -0.870. The first-order chi connectivity index (χ1) is 45.0. The van der Waals surface area contributed by atoms with Gasteiger partial charge in [0.1, 0.15) is 19.8 Å². The van der Waals surface area contributed by atoms with Crippen LogP contribution < -0.4 is 4.89 Å². The molecule has 10 heteroatoms. The lowest BCUT2D eigenvalue weighted by Crippen LogP contribution is -2.37. The van der Waals surface area contributed by atoms with E-state index in [0.717, 1.165) is 116 Å². The third-order valence-corrected chi connectivity index (χ3v) is 16.8. The van der Waals surface area contributed by atoms with Crippen LogP contribution >= 0.6 is 7.82 Å². The largest absolute Gasteiger partial charge is 0.756 e. The van der Waals surface area contributed by atoms with Gasteiger partial charge in [0, 0.05) is 12.8 Å². The van der Waals surface area contributed by atoms with Crippen molar-refractivity contribution in [2.45, 2.75) is 315 Å². The zero-order chi connectivity index (χ0) is 66.9. The number of nitrogens with zero attached hydrogens (tertiary/aromatic N) is 1. The topological polar surface area (TPSA) is 111 Å². The van der Waals surface area contributed by atoms with Crippen LogP contribution in [0, 0.1) is 0 Å². The maximum atomic E-state index is 12.9. The van der Waals surface area contributed by atoms with E-state index in [1.807, 2.05) is 21.1 Å². The van der Waals surface area contributed by atoms with Crippen LogP contribution in [-0.4, -0.2) is 70.0 Å². The van der Waals surface area contributed by atoms with Crippen LogP contribution in [-0.2, 0) is 32.7 Å². The lowest BCUT2D eigenvalue weighted by atomic mass is 10.0. The fraction of sp³-hybridized carbons (Fsp3) is 0.683. The Bertz CT molecular complexity index is 2070. The van der Waals surface area contributed by atoms with Crippen molar-refractivity contribution in [1.29, 1.82) is 0 Å². The van der Waals surface area contributed by atoms with Crippen molar-refractivity contribution in [3.05, 3.63) is 146 Å². The highest BCUT2D eigenvalue weighted by Gasteiger charge is 2.22. The number of ether oxygens (including phenoxy) is 2. The highest BCUT2D eigenvalue weighted by atomic mass is 31.2. The molecule has 0 radical (unpaired) electrons. The average Bonchev–Trinajstić information content (AvgIpc) is 2.14. The highest BCUT2D eigenvalue weighted by molar-refractivity contribution is 7.45. The minimum Gasteiger partial charge on any atom is -0.756 e. The summed E-state index contributed by atoms with van der Waals surface area (Å²) in [6.07, 6.45) is 105. The number of quaternary nitrogens is 1. The maximum Gasteiger partial charge on any atom is 0.306 e. The molecule has 0 aliphatic heterocycles. The monoisotopic (exact) mass is 1300 g/mol. The Balaban J connectivity index is 4.03. The van der Waals surface area contributed by atoms with E-state index < -0.39 is 26.5 Å². The van der Waals surface area contributed by atoms with E-state index in [0.29, 0.717) is 17.4 Å². The van der Waals surface area contributed by atoms with Crippen molar-refractivity contribution in [2.75, 3.05) is 47.5 Å². The van der Waals surface area contributed by atoms with Gasteiger partial charge in [-0.05, 0) is 116 Å². The number of likely N-dealkylation sites (N-methyl/N-ethyl adjacent to an activating group) is 1. The van der Waals surface area contributed by atoms with Crippen LogP contribution in [0.5, 0.6) is 0 Å². The SMILES string of the molecule is CC/C=C\C/C=C\C/C=C\C/C=C\C/C=C\C/C=C\C/C=C\CCCCCCCCCCCCCCCC(=O)OC(COC(=O)CCCCCCCCCCCCCCCCCCC/C=C\C/C=C\C/C=C\C/C=C\C/C=C\CC)COP(=O)([O-])OCC[N+](C)(C)C. The first-order valence-corrected chi connectivity index (χ1v) is 39.0. The van der Waals surface area contributed by atoms with Crippen molar-refractivity contribution in [3.63, 3.8) is 0 Å². The molecule has 0 aliphatic carbocycles. The standard InChI is InChI=1S/C82H140NO8P/c1-6-8-10-12-14-16-18-20-22-24-26-28-30-32-34-36-38-40-41-43-45-47-49-51-53-55-57-59-61-63-65-67-69-71-73-75-82(85)91-80(79-90-92(86,87)89-77-76-83(3,4)5)78-88-81(84)74-72-70-68-66-64-62-60-58-56-54-52-50-48-46-44-42-39-37-35-33-31-29-27-25-23-21-19-17-15-13-11-9-7-2/h8-11,14-17,20-23,26-29,32-35,38,40,43,45,80H,6-7,12-13,18-19,24-25,30-31,36-37,39,41-42,44,46-79H2,1-5H3/b10-8-,11-9-,16-14-,17-15-,22-20-,23-21-,28-26-,29-27-,34-32-,35-33-,40-38-,45-43-. The Kier molecular flexibility index (Phi) is 68.0. The number of esters is 2. The quantitative estimate of drug-likeness (QED) is 0.0195. The fourth-order valence-corrected chi connectivity index (χ4v) is 10.9. The van der Waals surface area contributed by atoms with Crippen LogP contribution in [0.2, 0.25) is 0 Å². The zero-order valence-corrected chi connectivity index (χ0v) is 60.8. The molecule has 0 aromatic heterocycles. The molecular formula is C82H140NO8P. The van der Waals surface area contributed by atoms with E-state index in [2.05, 4.69) is 160 Å². The highest BCUT2D eigenvalue weighted by Crippen LogP contribution is 2.38. The number of carbonyl (C=O) groups excluding carboxylic acids is 2. The van der Waals surface area contributed by atoms with Crippen molar-refractivity contribution in [3.8, 4) is 0 Å². The number of unbranched alkanes of at least 4 members (excludes halogenated alkanes) is 30. The summed E-state index contributed by atoms with van der Waals surface area (Å²) in [4.78, 5) is 38.2. The second kappa shape index (κ2) is 71.2. The van der Waals surface area contributed by atoms with Crippen molar-refractivity contribution < 1.29 is 42.1 Å². The molecule has 2 unspecified atom stereocenters. The van der Waals surface area contributed by atoms with Gasteiger partial charge >= 0.3 is 11.9 Å². The molecule has 0 aliphatic rings. The predicted molar refractivity (Wildman–Crippen MR) is 397 cm³/mol. The Hall–Kier alpha value is -4.11. The molecule has 2 atom stereocenters. The Morgan fingerprint density at radius 3 is 0.870 bits per heavy atom. The number of hydrogen-bond donors (Lipinski definition) is 0. The number of rotatable bonds is 68. The molecule has 92 heavy (non-hydrogen) atoms. The number of hydrogen-bond acceptors (Lipinski definition) is 8. The van der Waals surface area contributed by atoms with Gasteiger partial charge in [-0.3, -0.25) is 14.2 Å². The second-order valence-electron chi connectivity index (χ2n) is 25.9. The molecular weight excluding hydrogens is 1160 g/mol. The molecule has 0 saturated carbocycles. The summed E-state index contributed by atoms with van der Waals surface area (Å²) < 4.78 is 34.4. The molecule has 0 heterocycles. The first-order valence-electron chi connectivity index (χ1n) is 37.5. The number of allylic oxidation sites excluding steroid dienone is 24. The van der Waals surface area contributed by atoms with E-state index in [1.54, 1.807) is 0 Å². The van der Waals surface area contributed by atoms with E-state index in [1.165, 1.54) is 161 Å². The van der Waals surface area contributed by atoms with Crippen molar-refractivity contribution in [2.24, 2.45) is 0 Å². The summed E-state index contributed by atoms with van der Waals surface area (Å²) >= 11 is 0. The van der Waals surface area contributed by atoms with E-state index in [9.17, 15) is 19.0 Å². The van der Waals surface area contributed by atoms with Crippen molar-refractivity contribution in [1.82, 2.24) is 0 Å². The molecule has 0 N–H and O–H groups in total. The van der Waals surface area contributed by atoms with Gasteiger partial charge < -0.3 is 27.9 Å². The van der Waals surface area contributed by atoms with Gasteiger partial charge in [0.2, 0.25) is 0 Å². The molecule has 0 saturated heterocycles. The molecule has 0 aromatic carbocycles. The smallest absolute Gasteiger partial charge is 0.306 e. The molecule has 0 spiro atoms. The second-order valence-corrected chi connectivity index (χ2v) is 27.3. The minimum absolute atomic E-state index is 0.0356. The fourth-order valence-electron chi connectivity index (χ4n) is 10.2. The first kappa shape index (κ1) is 87.9. The Morgan fingerprint density at radius 2 is 0.587 bits per heavy atom. The van der Waals surface area contributed by atoms with Crippen molar-refractivity contribution >= 4 is 19.8 Å². The van der Waals surface area contributed by atoms with Crippen LogP contribution in [0.15, 0.2) is 146 Å². The van der Waals surface area contributed by atoms with Crippen LogP contribution in [0.4, 0.5) is 0 Å². The average molecular weight is 1300 g/mol. The number of phosphoric acid groups is 1. The number of carbonyl (C=O) groups is 2. The normalized spacial score (nSPS) is 13.9. The van der Waals surface area contributed by atoms with E-state index >= 15 is 0 Å². The zero-order valence-electron chi connectivity index (χ0n) is 59.9. The van der Waals surface area contributed by atoms with E-state index in [-0.39, 0.29) is 32.0 Å². The van der Waals surface area contributed by atoms with Crippen LogP contribution in [0.3, 0.4) is 0 Å². The third-order valence-electron chi connectivity index (χ3n) is 15.9. The summed E-state index contributed by atoms with van der Waals surface area (Å²) in [5, 5.41) is 0. The summed E-state index contributed by atoms with van der Waals surface area (Å²) in [7, 11) is 1.16. The molecule has 0 bridgehead atoms. The van der Waals surface area contributed by atoms with Gasteiger partial charge in [0.25, 0.3) is 7.82 Å². The minimum atomic E-state index is -4.65. The maximum absolute atomic E-state index is 12.9. The van der Waals surface area contributed by atoms with Gasteiger partial charge in [0.05, 0.1) is 27.7 Å². The molecule has 0 amide bonds. The summed E-state index contributed by atoms with van der Waals surface area (Å²) in [5.74, 6) is -0.831. The van der Waals surface area contributed by atoms with E-state index in [4.69, 9.17) is 18.5 Å². The molecule has 0 rings (SSSR count). The molecule has 0 fully saturated rings. The molecule has 526 valence electrons. The summed E-state index contributed by atoms with van der Waals surface area (Å²) in [6.45, 7) is 4.03. The summed E-state index contributed by atoms with van der Waals surface area (Å²) in [6, 6.07) is 0. The number of phosphoric ester groups is 1. The van der Waals surface area contributed by atoms with Gasteiger partial charge in [-0.25, -0.2) is 0 Å². The molecule has 0 aromatic rings. The van der Waals surface area contributed by atoms with Gasteiger partial charge in [-0.1, -0.05) is 327 Å². The van der Waals surface area contributed by atoms with Gasteiger partial charge in [-0.2, -0.15) is 0 Å². The predicted octanol–water partition coefficient (Wildman–Crippen LogP) is 24.3. The van der Waals surface area contributed by atoms with Crippen LogP contribution in [0.25, 0.3) is 0 Å². The van der Waals surface area contributed by atoms with Gasteiger partial charge in [-0.15, -0.1) is 0 Å². The molecule has 9 nitrogen and oxygen atoms in total. The summed E-state index contributed by atoms with van der Waals surface area (Å²) in [5.41, 5.74) is 0. The Morgan fingerprint density at radius 1 is 0.337 bits per heavy atom. The van der Waals surface area contributed by atoms with Gasteiger partial charge in [0.15, 0.2) is 6.10 Å². The lowest BCUT2D eigenvalue weighted by Gasteiger charge is -2.28.